The minimum absolute atomic E-state index is 0.171. The second-order valence-electron chi connectivity index (χ2n) is 9.62. The van der Waals surface area contributed by atoms with Gasteiger partial charge in [-0.15, -0.1) is 0 Å². The number of aliphatic hydroxyl groups is 1. The molecule has 0 radical (unpaired) electrons. The first kappa shape index (κ1) is 32.0. The molecule has 4 atom stereocenters. The minimum Gasteiger partial charge on any atom is -0.467 e. The maximum atomic E-state index is 13.7. The highest BCUT2D eigenvalue weighted by atomic mass is 19.4. The van der Waals surface area contributed by atoms with Crippen molar-refractivity contribution in [1.82, 2.24) is 4.90 Å². The first-order valence-corrected chi connectivity index (χ1v) is 12.1. The first-order valence-electron chi connectivity index (χ1n) is 12.1. The smallest absolute Gasteiger partial charge is 0.467 e. The number of carbonyl (C=O) groups is 3. The van der Waals surface area contributed by atoms with Crippen LogP contribution in [0, 0.1) is 0 Å². The van der Waals surface area contributed by atoms with Crippen molar-refractivity contribution in [2.24, 2.45) is 0 Å². The lowest BCUT2D eigenvalue weighted by molar-refractivity contribution is -0.195. The number of carbonyl (C=O) groups excluding carboxylic acids is 3. The predicted octanol–water partition coefficient (Wildman–Crippen LogP) is 3.63. The summed E-state index contributed by atoms with van der Waals surface area (Å²) in [6.07, 6.45) is -4.27. The second kappa shape index (κ2) is 12.8. The van der Waals surface area contributed by atoms with Crippen molar-refractivity contribution < 1.29 is 51.6 Å². The van der Waals surface area contributed by atoms with Crippen molar-refractivity contribution in [1.29, 1.82) is 0 Å². The maximum absolute atomic E-state index is 13.7. The number of hydrogen-bond acceptors (Lipinski definition) is 8. The molecule has 216 valence electrons. The molecule has 0 saturated carbocycles. The normalized spacial score (nSPS) is 20.1. The van der Waals surface area contributed by atoms with E-state index in [0.717, 1.165) is 14.2 Å². The predicted molar refractivity (Wildman–Crippen MR) is 133 cm³/mol. The number of halogens is 3. The highest BCUT2D eigenvalue weighted by Crippen LogP contribution is 2.34. The van der Waals surface area contributed by atoms with Crippen LogP contribution < -0.4 is 0 Å². The van der Waals surface area contributed by atoms with E-state index in [1.165, 1.54) is 25.1 Å². The molecule has 0 bridgehead atoms. The standard InChI is InChI=1S/C27H34F3NO8/c1-17(12-13-20-16-38-25(3,4)39-20)14-26(35,24(34)37-6)15-21(22(32)36-5)31(23(33)27(28,29)30)18(2)19-10-8-7-9-11-19/h7-13,18,20-21,35H,1,14-16H2,2-6H3/b13-12-/t18-,20?,21+,26+/m1/s1. The van der Waals surface area contributed by atoms with Crippen LogP contribution in [0.1, 0.15) is 45.2 Å². The fourth-order valence-electron chi connectivity index (χ4n) is 4.28. The van der Waals surface area contributed by atoms with Gasteiger partial charge in [-0.1, -0.05) is 54.6 Å². The van der Waals surface area contributed by atoms with Gasteiger partial charge in [0.1, 0.15) is 12.1 Å². The molecule has 1 fully saturated rings. The van der Waals surface area contributed by atoms with E-state index in [9.17, 15) is 32.7 Å². The molecule has 1 aliphatic heterocycles. The van der Waals surface area contributed by atoms with Gasteiger partial charge in [-0.2, -0.15) is 13.2 Å². The van der Waals surface area contributed by atoms with E-state index in [2.05, 4.69) is 6.58 Å². The van der Waals surface area contributed by atoms with Crippen molar-refractivity contribution in [3.63, 3.8) is 0 Å². The molecule has 1 unspecified atom stereocenters. The second-order valence-corrected chi connectivity index (χ2v) is 9.62. The molecule has 0 aromatic heterocycles. The molecule has 1 aliphatic rings. The van der Waals surface area contributed by atoms with Gasteiger partial charge < -0.3 is 29.0 Å². The first-order chi connectivity index (χ1) is 18.0. The Balaban J connectivity index is 2.45. The topological polar surface area (TPSA) is 112 Å². The zero-order valence-corrected chi connectivity index (χ0v) is 22.5. The molecule has 39 heavy (non-hydrogen) atoms. The number of methoxy groups -OCH3 is 2. The summed E-state index contributed by atoms with van der Waals surface area (Å²) in [5.41, 5.74) is -2.11. The molecule has 1 saturated heterocycles. The van der Waals surface area contributed by atoms with Crippen molar-refractivity contribution in [2.75, 3.05) is 20.8 Å². The summed E-state index contributed by atoms with van der Waals surface area (Å²) < 4.78 is 61.7. The molecule has 0 spiro atoms. The molecule has 0 aliphatic carbocycles. The zero-order valence-electron chi connectivity index (χ0n) is 22.5. The van der Waals surface area contributed by atoms with Crippen molar-refractivity contribution in [3.05, 3.63) is 60.2 Å². The van der Waals surface area contributed by atoms with E-state index in [0.29, 0.717) is 0 Å². The van der Waals surface area contributed by atoms with Gasteiger partial charge in [0.25, 0.3) is 0 Å². The summed E-state index contributed by atoms with van der Waals surface area (Å²) in [5.74, 6) is -5.65. The Morgan fingerprint density at radius 1 is 1.21 bits per heavy atom. The molecule has 1 N–H and O–H groups in total. The van der Waals surface area contributed by atoms with Gasteiger partial charge in [-0.25, -0.2) is 9.59 Å². The summed E-state index contributed by atoms with van der Waals surface area (Å²) in [4.78, 5) is 38.5. The number of alkyl halides is 3. The quantitative estimate of drug-likeness (QED) is 0.324. The molecule has 1 amide bonds. The van der Waals surface area contributed by atoms with Gasteiger partial charge in [0, 0.05) is 12.8 Å². The van der Waals surface area contributed by atoms with Crippen LogP contribution in [-0.2, 0) is 33.3 Å². The third kappa shape index (κ3) is 8.38. The minimum atomic E-state index is -5.37. The Hall–Kier alpha value is -3.22. The number of hydrogen-bond donors (Lipinski definition) is 1. The zero-order chi connectivity index (χ0) is 29.6. The van der Waals surface area contributed by atoms with Gasteiger partial charge >= 0.3 is 24.0 Å². The number of benzene rings is 1. The van der Waals surface area contributed by atoms with Gasteiger partial charge in [0.05, 0.1) is 26.9 Å². The van der Waals surface area contributed by atoms with Crippen molar-refractivity contribution >= 4 is 17.8 Å². The maximum Gasteiger partial charge on any atom is 0.471 e. The Labute approximate surface area is 225 Å². The van der Waals surface area contributed by atoms with E-state index >= 15 is 0 Å². The number of ether oxygens (including phenoxy) is 4. The Bertz CT molecular complexity index is 1070. The number of nitrogens with zero attached hydrogens (tertiary/aromatic N) is 1. The van der Waals surface area contributed by atoms with E-state index < -0.39 is 66.4 Å². The van der Waals surface area contributed by atoms with Crippen LogP contribution >= 0.6 is 0 Å². The van der Waals surface area contributed by atoms with Gasteiger partial charge in [-0.05, 0) is 26.3 Å². The summed E-state index contributed by atoms with van der Waals surface area (Å²) in [6, 6.07) is 4.37. The SMILES string of the molecule is C=C(/C=C\C1COC(C)(C)O1)C[C@](O)(C[C@@H](C(=O)OC)N(C(=O)C(F)(F)F)[C@H](C)c1ccccc1)C(=O)OC. The third-order valence-corrected chi connectivity index (χ3v) is 6.18. The number of esters is 2. The monoisotopic (exact) mass is 557 g/mol. The lowest BCUT2D eigenvalue weighted by atomic mass is 9.86. The van der Waals surface area contributed by atoms with Crippen LogP contribution in [0.4, 0.5) is 13.2 Å². The number of allylic oxidation sites excluding steroid dienone is 1. The lowest BCUT2D eigenvalue weighted by Crippen LogP contribution is -2.56. The average Bonchev–Trinajstić information content (AvgIpc) is 3.24. The summed E-state index contributed by atoms with van der Waals surface area (Å²) >= 11 is 0. The van der Waals surface area contributed by atoms with E-state index in [1.807, 2.05) is 0 Å². The average molecular weight is 558 g/mol. The Morgan fingerprint density at radius 3 is 2.31 bits per heavy atom. The van der Waals surface area contributed by atoms with E-state index in [4.69, 9.17) is 18.9 Å². The fraction of sp³-hybridized carbons (Fsp3) is 0.519. The van der Waals surface area contributed by atoms with Crippen molar-refractivity contribution in [3.8, 4) is 0 Å². The van der Waals surface area contributed by atoms with Gasteiger partial charge in [0.2, 0.25) is 0 Å². The molecule has 12 heteroatoms. The summed E-state index contributed by atoms with van der Waals surface area (Å²) in [7, 11) is 1.89. The van der Waals surface area contributed by atoms with E-state index in [-0.39, 0.29) is 22.6 Å². The van der Waals surface area contributed by atoms with Crippen LogP contribution in [-0.4, -0.2) is 78.4 Å². The summed E-state index contributed by atoms with van der Waals surface area (Å²) in [5, 5.41) is 11.4. The third-order valence-electron chi connectivity index (χ3n) is 6.18. The molecule has 1 aromatic carbocycles. The fourth-order valence-corrected chi connectivity index (χ4v) is 4.28. The number of amides is 1. The van der Waals surface area contributed by atoms with Crippen molar-refractivity contribution in [2.45, 2.75) is 69.4 Å². The van der Waals surface area contributed by atoms with Crippen LogP contribution in [0.15, 0.2) is 54.6 Å². The highest BCUT2D eigenvalue weighted by Gasteiger charge is 2.52. The molecule has 1 aromatic rings. The Morgan fingerprint density at radius 2 is 1.82 bits per heavy atom. The molecule has 1 heterocycles. The van der Waals surface area contributed by atoms with Crippen LogP contribution in [0.5, 0.6) is 0 Å². The molecule has 9 nitrogen and oxygen atoms in total. The van der Waals surface area contributed by atoms with Crippen LogP contribution in [0.2, 0.25) is 0 Å². The van der Waals surface area contributed by atoms with E-state index in [1.54, 1.807) is 38.1 Å². The van der Waals surface area contributed by atoms with Gasteiger partial charge in [0.15, 0.2) is 11.4 Å². The Kier molecular flexibility index (Phi) is 10.5. The highest BCUT2D eigenvalue weighted by molar-refractivity contribution is 5.89. The molecular weight excluding hydrogens is 523 g/mol. The van der Waals surface area contributed by atoms with Crippen LogP contribution in [0.3, 0.4) is 0 Å². The lowest BCUT2D eigenvalue weighted by Gasteiger charge is -2.38. The summed E-state index contributed by atoms with van der Waals surface area (Å²) in [6.45, 7) is 8.79. The molecular formula is C27H34F3NO8. The van der Waals surface area contributed by atoms with Gasteiger partial charge in [-0.3, -0.25) is 4.79 Å². The largest absolute Gasteiger partial charge is 0.471 e. The van der Waals surface area contributed by atoms with Crippen LogP contribution in [0.25, 0.3) is 0 Å². The molecule has 2 rings (SSSR count). The number of rotatable bonds is 11.